The van der Waals surface area contributed by atoms with E-state index in [1.165, 1.54) is 5.56 Å². The first-order valence-electron chi connectivity index (χ1n) is 9.80. The van der Waals surface area contributed by atoms with Crippen LogP contribution in [0.15, 0.2) is 55.1 Å². The number of hydrogen-bond donors (Lipinski definition) is 2. The van der Waals surface area contributed by atoms with E-state index in [1.807, 2.05) is 34.9 Å². The molecule has 0 fully saturated rings. The molecule has 1 unspecified atom stereocenters. The van der Waals surface area contributed by atoms with Crippen LogP contribution >= 0.6 is 12.2 Å². The first-order valence-corrected chi connectivity index (χ1v) is 10.2. The molecule has 2 aliphatic rings. The topological polar surface area (TPSA) is 64.3 Å². The van der Waals surface area contributed by atoms with Gasteiger partial charge in [-0.05, 0) is 41.5 Å². The van der Waals surface area contributed by atoms with Gasteiger partial charge in [0, 0.05) is 29.6 Å². The van der Waals surface area contributed by atoms with Gasteiger partial charge in [-0.1, -0.05) is 30.3 Å². The predicted octanol–water partition coefficient (Wildman–Crippen LogP) is 4.66. The summed E-state index contributed by atoms with van der Waals surface area (Å²) < 4.78 is 15.5. The predicted molar refractivity (Wildman–Crippen MR) is 116 cm³/mol. The van der Waals surface area contributed by atoms with Gasteiger partial charge >= 0.3 is 0 Å². The Morgan fingerprint density at radius 3 is 2.90 bits per heavy atom. The van der Waals surface area contributed by atoms with Gasteiger partial charge in [0.25, 0.3) is 0 Å². The van der Waals surface area contributed by atoms with Crippen molar-refractivity contribution in [3.05, 3.63) is 82.4 Å². The summed E-state index contributed by atoms with van der Waals surface area (Å²) >= 11 is 5.80. The third kappa shape index (κ3) is 2.26. The number of nitrogens with one attached hydrogen (secondary N) is 1. The maximum Gasteiger partial charge on any atom is 0.231 e. The number of allylic oxidation sites excluding steroid dienone is 1. The first kappa shape index (κ1) is 17.4. The zero-order valence-electron chi connectivity index (χ0n) is 16.1. The lowest BCUT2D eigenvalue weighted by Crippen LogP contribution is -2.21. The van der Waals surface area contributed by atoms with Gasteiger partial charge in [0.15, 0.2) is 16.3 Å². The lowest BCUT2D eigenvalue weighted by atomic mass is 9.93. The van der Waals surface area contributed by atoms with Crippen LogP contribution in [0, 0.1) is 4.77 Å². The van der Waals surface area contributed by atoms with Gasteiger partial charge in [0.1, 0.15) is 6.04 Å². The van der Waals surface area contributed by atoms with Gasteiger partial charge in [-0.15, -0.1) is 6.58 Å². The van der Waals surface area contributed by atoms with Crippen molar-refractivity contribution in [2.75, 3.05) is 6.79 Å². The fourth-order valence-corrected chi connectivity index (χ4v) is 5.04. The van der Waals surface area contributed by atoms with Gasteiger partial charge in [-0.2, -0.15) is 0 Å². The summed E-state index contributed by atoms with van der Waals surface area (Å²) in [7, 11) is 0. The molecule has 0 aliphatic carbocycles. The molecule has 2 aliphatic heterocycles. The van der Waals surface area contributed by atoms with Crippen LogP contribution in [0.3, 0.4) is 0 Å². The minimum atomic E-state index is -0.213. The highest BCUT2D eigenvalue weighted by Crippen LogP contribution is 2.44. The quantitative estimate of drug-likeness (QED) is 0.331. The molecule has 7 heteroatoms. The van der Waals surface area contributed by atoms with Gasteiger partial charge in [-0.25, -0.2) is 0 Å². The van der Waals surface area contributed by atoms with E-state index in [0.717, 1.165) is 39.4 Å². The summed E-state index contributed by atoms with van der Waals surface area (Å²) in [5.41, 5.74) is 5.15. The van der Waals surface area contributed by atoms with Crippen LogP contribution in [0.25, 0.3) is 10.9 Å². The number of H-pyrrole nitrogens is 1. The average molecular weight is 417 g/mol. The number of rotatable bonds is 3. The zero-order chi connectivity index (χ0) is 20.4. The molecule has 0 saturated carbocycles. The molecule has 0 radical (unpaired) electrons. The summed E-state index contributed by atoms with van der Waals surface area (Å²) in [6.45, 7) is 4.48. The number of aromatic nitrogens is 3. The van der Waals surface area contributed by atoms with E-state index in [9.17, 15) is 5.11 Å². The molecule has 2 aromatic heterocycles. The second-order valence-corrected chi connectivity index (χ2v) is 7.94. The van der Waals surface area contributed by atoms with E-state index in [-0.39, 0.29) is 18.7 Å². The normalized spacial score (nSPS) is 16.5. The van der Waals surface area contributed by atoms with Crippen LogP contribution in [0.2, 0.25) is 0 Å². The minimum Gasteiger partial charge on any atom is -0.493 e. The standard InChI is InChI=1S/C23H19N3O3S/c1-2-9-25-22(27)17-11-15-14-5-3-4-6-16(14)24-20(15)21(26(17)23(25)30)13-7-8-18-19(10-13)29-12-28-18/h2-8,10,21,24,27H,1,9,11-12H2. The van der Waals surface area contributed by atoms with E-state index >= 15 is 0 Å². The molecule has 2 N–H and O–H groups in total. The van der Waals surface area contributed by atoms with E-state index < -0.39 is 0 Å². The van der Waals surface area contributed by atoms with Crippen molar-refractivity contribution < 1.29 is 14.6 Å². The second kappa shape index (κ2) is 6.27. The van der Waals surface area contributed by atoms with Crippen molar-refractivity contribution in [1.82, 2.24) is 14.1 Å². The number of imidazole rings is 1. The highest BCUT2D eigenvalue weighted by molar-refractivity contribution is 7.71. The molecule has 150 valence electrons. The lowest BCUT2D eigenvalue weighted by Gasteiger charge is -2.27. The number of nitrogens with zero attached hydrogens (tertiary/aromatic N) is 2. The Labute approximate surface area is 177 Å². The Morgan fingerprint density at radius 2 is 2.03 bits per heavy atom. The largest absolute Gasteiger partial charge is 0.493 e. The maximum atomic E-state index is 11.0. The molecule has 6 rings (SSSR count). The molecule has 0 bridgehead atoms. The van der Waals surface area contributed by atoms with Crippen LogP contribution < -0.4 is 9.47 Å². The number of aromatic amines is 1. The van der Waals surface area contributed by atoms with E-state index in [4.69, 9.17) is 21.7 Å². The highest BCUT2D eigenvalue weighted by atomic mass is 32.1. The third-order valence-corrected chi connectivity index (χ3v) is 6.41. The monoisotopic (exact) mass is 417 g/mol. The SMILES string of the molecule is C=CCn1c(O)c2n(c1=S)C(c1ccc3c(c1)OCO3)c1[nH]c3ccccc3c1C2. The number of aromatic hydroxyl groups is 1. The summed E-state index contributed by atoms with van der Waals surface area (Å²) in [4.78, 5) is 3.61. The van der Waals surface area contributed by atoms with Crippen LogP contribution in [-0.2, 0) is 13.0 Å². The summed E-state index contributed by atoms with van der Waals surface area (Å²) in [6, 6.07) is 14.0. The average Bonchev–Trinajstić information content (AvgIpc) is 3.44. The molecule has 30 heavy (non-hydrogen) atoms. The van der Waals surface area contributed by atoms with Crippen molar-refractivity contribution in [3.63, 3.8) is 0 Å². The zero-order valence-corrected chi connectivity index (χ0v) is 16.9. The molecule has 0 saturated heterocycles. The van der Waals surface area contributed by atoms with Crippen LogP contribution in [0.1, 0.15) is 28.6 Å². The molecule has 4 heterocycles. The fraction of sp³-hybridized carbons (Fsp3) is 0.174. The van der Waals surface area contributed by atoms with E-state index in [2.05, 4.69) is 23.7 Å². The Kier molecular flexibility index (Phi) is 3.64. The van der Waals surface area contributed by atoms with Crippen molar-refractivity contribution >= 4 is 23.1 Å². The molecule has 6 nitrogen and oxygen atoms in total. The molecular weight excluding hydrogens is 398 g/mol. The maximum absolute atomic E-state index is 11.0. The minimum absolute atomic E-state index is 0.196. The number of ether oxygens (including phenoxy) is 2. The Hall–Kier alpha value is -3.45. The van der Waals surface area contributed by atoms with Gasteiger partial charge in [0.2, 0.25) is 12.7 Å². The summed E-state index contributed by atoms with van der Waals surface area (Å²) in [5.74, 6) is 1.66. The van der Waals surface area contributed by atoms with Crippen molar-refractivity contribution in [2.45, 2.75) is 19.0 Å². The smallest absolute Gasteiger partial charge is 0.231 e. The second-order valence-electron chi connectivity index (χ2n) is 7.58. The number of fused-ring (bicyclic) bond motifs is 5. The van der Waals surface area contributed by atoms with Crippen LogP contribution in [0.4, 0.5) is 0 Å². The van der Waals surface area contributed by atoms with Crippen molar-refractivity contribution in [3.8, 4) is 17.4 Å². The Balaban J connectivity index is 1.66. The number of hydrogen-bond acceptors (Lipinski definition) is 4. The van der Waals surface area contributed by atoms with Crippen molar-refractivity contribution in [1.29, 1.82) is 0 Å². The van der Waals surface area contributed by atoms with E-state index in [1.54, 1.807) is 10.6 Å². The molecule has 0 amide bonds. The van der Waals surface area contributed by atoms with Gasteiger partial charge in [0.05, 0.1) is 5.69 Å². The Bertz CT molecular complexity index is 1390. The number of benzene rings is 2. The lowest BCUT2D eigenvalue weighted by molar-refractivity contribution is 0.174. The van der Waals surface area contributed by atoms with Crippen LogP contribution in [0.5, 0.6) is 17.4 Å². The highest BCUT2D eigenvalue weighted by Gasteiger charge is 2.34. The fourth-order valence-electron chi connectivity index (χ4n) is 4.66. The third-order valence-electron chi connectivity index (χ3n) is 5.99. The molecule has 0 spiro atoms. The van der Waals surface area contributed by atoms with Gasteiger partial charge < -0.3 is 24.1 Å². The van der Waals surface area contributed by atoms with Gasteiger partial charge in [-0.3, -0.25) is 4.57 Å². The summed E-state index contributed by atoms with van der Waals surface area (Å²) in [5, 5.41) is 12.2. The van der Waals surface area contributed by atoms with Crippen molar-refractivity contribution in [2.24, 2.45) is 0 Å². The first-order chi connectivity index (χ1) is 14.7. The molecule has 1 atom stereocenters. The molecular formula is C23H19N3O3S. The Morgan fingerprint density at radius 1 is 1.20 bits per heavy atom. The summed E-state index contributed by atoms with van der Waals surface area (Å²) in [6.07, 6.45) is 2.34. The molecule has 2 aromatic carbocycles. The van der Waals surface area contributed by atoms with E-state index in [0.29, 0.717) is 17.7 Å². The van der Waals surface area contributed by atoms with Crippen LogP contribution in [-0.4, -0.2) is 26.0 Å². The molecule has 4 aromatic rings. The number of para-hydroxylation sites is 1.